The van der Waals surface area contributed by atoms with Gasteiger partial charge in [0.1, 0.15) is 12.2 Å². The third-order valence-corrected chi connectivity index (χ3v) is 4.16. The maximum Gasteiger partial charge on any atom is 0.272 e. The average molecular weight is 379 g/mol. The van der Waals surface area contributed by atoms with Gasteiger partial charge in [-0.1, -0.05) is 12.1 Å². The molecule has 0 aliphatic heterocycles. The van der Waals surface area contributed by atoms with Crippen LogP contribution in [0.3, 0.4) is 0 Å². The second-order valence-corrected chi connectivity index (χ2v) is 6.11. The normalized spacial score (nSPS) is 11.4. The minimum absolute atomic E-state index is 0.0279. The molecule has 2 aromatic carbocycles. The van der Waals surface area contributed by atoms with Crippen LogP contribution in [0.2, 0.25) is 0 Å². The van der Waals surface area contributed by atoms with Crippen molar-refractivity contribution in [2.75, 3.05) is 0 Å². The Labute approximate surface area is 159 Å². The number of fused-ring (bicyclic) bond motifs is 1. The first kappa shape index (κ1) is 18.9. The van der Waals surface area contributed by atoms with Gasteiger partial charge < -0.3 is 0 Å². The van der Waals surface area contributed by atoms with Gasteiger partial charge in [0, 0.05) is 12.1 Å². The lowest BCUT2D eigenvalue weighted by Gasteiger charge is -2.10. The Bertz CT molecular complexity index is 1150. The van der Waals surface area contributed by atoms with Crippen molar-refractivity contribution in [1.29, 1.82) is 0 Å². The van der Waals surface area contributed by atoms with Gasteiger partial charge in [0.05, 0.1) is 21.7 Å². The van der Waals surface area contributed by atoms with E-state index >= 15 is 0 Å². The Balaban J connectivity index is 1.78. The van der Waals surface area contributed by atoms with Crippen LogP contribution in [-0.2, 0) is 11.3 Å². The number of amides is 1. The van der Waals surface area contributed by atoms with Gasteiger partial charge in [-0.3, -0.25) is 24.3 Å². The van der Waals surface area contributed by atoms with Crippen molar-refractivity contribution in [2.24, 2.45) is 5.10 Å². The van der Waals surface area contributed by atoms with Crippen LogP contribution in [0.25, 0.3) is 11.0 Å². The summed E-state index contributed by atoms with van der Waals surface area (Å²) in [4.78, 5) is 39.2. The molecule has 9 nitrogen and oxygen atoms in total. The molecule has 0 radical (unpaired) electrons. The third-order valence-electron chi connectivity index (χ3n) is 4.16. The average Bonchev–Trinajstić information content (AvgIpc) is 2.69. The maximum absolute atomic E-state index is 12.4. The van der Waals surface area contributed by atoms with E-state index in [1.807, 2.05) is 6.07 Å². The number of carbonyl (C=O) groups is 1. The molecule has 3 aromatic rings. The molecule has 1 N–H and O–H groups in total. The molecule has 3 rings (SSSR count). The molecule has 0 bridgehead atoms. The Kier molecular flexibility index (Phi) is 5.25. The Morgan fingerprint density at radius 1 is 1.21 bits per heavy atom. The monoisotopic (exact) mass is 379 g/mol. The predicted molar refractivity (Wildman–Crippen MR) is 104 cm³/mol. The van der Waals surface area contributed by atoms with Gasteiger partial charge in [-0.15, -0.1) is 0 Å². The molecule has 0 aliphatic rings. The molecule has 1 aromatic heterocycles. The Morgan fingerprint density at radius 2 is 1.89 bits per heavy atom. The van der Waals surface area contributed by atoms with Crippen molar-refractivity contribution >= 4 is 28.3 Å². The number of para-hydroxylation sites is 2. The summed E-state index contributed by atoms with van der Waals surface area (Å²) >= 11 is 0. The van der Waals surface area contributed by atoms with Crippen LogP contribution in [0, 0.1) is 17.0 Å². The molecule has 0 aliphatic carbocycles. The van der Waals surface area contributed by atoms with E-state index in [1.165, 1.54) is 16.7 Å². The zero-order valence-corrected chi connectivity index (χ0v) is 15.2. The number of hydrogen-bond donors (Lipinski definition) is 1. The van der Waals surface area contributed by atoms with E-state index < -0.39 is 10.8 Å². The fourth-order valence-corrected chi connectivity index (χ4v) is 2.69. The number of rotatable bonds is 5. The number of nitro benzene ring substituents is 1. The summed E-state index contributed by atoms with van der Waals surface area (Å²) in [5.74, 6) is -0.473. The fourth-order valence-electron chi connectivity index (χ4n) is 2.69. The van der Waals surface area contributed by atoms with Crippen LogP contribution in [0.15, 0.2) is 58.4 Å². The summed E-state index contributed by atoms with van der Waals surface area (Å²) in [5.41, 5.74) is 4.64. The minimum atomic E-state index is -0.489. The lowest BCUT2D eigenvalue weighted by Crippen LogP contribution is -2.32. The van der Waals surface area contributed by atoms with E-state index in [0.29, 0.717) is 28.0 Å². The summed E-state index contributed by atoms with van der Waals surface area (Å²) < 4.78 is 1.35. The first-order valence-corrected chi connectivity index (χ1v) is 8.41. The number of nitro groups is 1. The molecule has 9 heteroatoms. The highest BCUT2D eigenvalue weighted by atomic mass is 16.6. The van der Waals surface area contributed by atoms with Gasteiger partial charge in [-0.25, -0.2) is 10.4 Å². The molecule has 1 heterocycles. The number of nitrogens with zero attached hydrogens (tertiary/aromatic N) is 4. The van der Waals surface area contributed by atoms with Gasteiger partial charge in [-0.2, -0.15) is 5.10 Å². The maximum atomic E-state index is 12.4. The standard InChI is InChI=1S/C19H17N5O4/c1-12(14-7-9-15(10-8-14)24(27)28)21-22-18(25)11-23-17-6-4-3-5-16(17)20-13(2)19(23)26/h3-10H,11H2,1-2H3,(H,22,25)/b21-12-. The quantitative estimate of drug-likeness (QED) is 0.414. The van der Waals surface area contributed by atoms with Crippen molar-refractivity contribution in [3.8, 4) is 0 Å². The highest BCUT2D eigenvalue weighted by Gasteiger charge is 2.11. The molecule has 1 amide bonds. The second-order valence-electron chi connectivity index (χ2n) is 6.11. The number of benzene rings is 2. The summed E-state index contributed by atoms with van der Waals surface area (Å²) in [6.07, 6.45) is 0. The highest BCUT2D eigenvalue weighted by Crippen LogP contribution is 2.12. The van der Waals surface area contributed by atoms with E-state index in [9.17, 15) is 19.7 Å². The van der Waals surface area contributed by atoms with Crippen molar-refractivity contribution in [3.63, 3.8) is 0 Å². The van der Waals surface area contributed by atoms with Crippen LogP contribution in [0.1, 0.15) is 18.2 Å². The summed E-state index contributed by atoms with van der Waals surface area (Å²) in [6, 6.07) is 12.9. The number of aromatic nitrogens is 2. The number of hydrazone groups is 1. The fraction of sp³-hybridized carbons (Fsp3) is 0.158. The molecule has 142 valence electrons. The topological polar surface area (TPSA) is 119 Å². The molecular formula is C19H17N5O4. The van der Waals surface area contributed by atoms with Crippen molar-refractivity contribution in [1.82, 2.24) is 15.0 Å². The number of nitrogens with one attached hydrogen (secondary N) is 1. The molecule has 0 saturated carbocycles. The molecule has 28 heavy (non-hydrogen) atoms. The molecule has 0 saturated heterocycles. The van der Waals surface area contributed by atoms with Crippen LogP contribution in [0.5, 0.6) is 0 Å². The summed E-state index contributed by atoms with van der Waals surface area (Å²) in [5, 5.41) is 14.7. The first-order chi connectivity index (χ1) is 13.4. The Hall–Kier alpha value is -3.88. The summed E-state index contributed by atoms with van der Waals surface area (Å²) in [7, 11) is 0. The van der Waals surface area contributed by atoms with E-state index in [4.69, 9.17) is 0 Å². The third kappa shape index (κ3) is 3.93. The van der Waals surface area contributed by atoms with E-state index in [-0.39, 0.29) is 17.8 Å². The van der Waals surface area contributed by atoms with Gasteiger partial charge in [0.2, 0.25) is 0 Å². The molecular weight excluding hydrogens is 362 g/mol. The number of non-ortho nitro benzene ring substituents is 1. The minimum Gasteiger partial charge on any atom is -0.296 e. The van der Waals surface area contributed by atoms with Crippen LogP contribution < -0.4 is 11.0 Å². The van der Waals surface area contributed by atoms with Gasteiger partial charge in [0.25, 0.3) is 17.2 Å². The lowest BCUT2D eigenvalue weighted by molar-refractivity contribution is -0.384. The van der Waals surface area contributed by atoms with E-state index in [1.54, 1.807) is 44.2 Å². The van der Waals surface area contributed by atoms with Gasteiger partial charge >= 0.3 is 0 Å². The first-order valence-electron chi connectivity index (χ1n) is 8.41. The van der Waals surface area contributed by atoms with Crippen LogP contribution >= 0.6 is 0 Å². The smallest absolute Gasteiger partial charge is 0.272 e. The van der Waals surface area contributed by atoms with Crippen LogP contribution in [0.4, 0.5) is 5.69 Å². The number of carbonyl (C=O) groups excluding carboxylic acids is 1. The zero-order valence-electron chi connectivity index (χ0n) is 15.2. The predicted octanol–water partition coefficient (Wildman–Crippen LogP) is 2.15. The molecule has 0 unspecified atom stereocenters. The van der Waals surface area contributed by atoms with Crippen molar-refractivity contribution in [2.45, 2.75) is 20.4 Å². The Morgan fingerprint density at radius 3 is 2.57 bits per heavy atom. The number of hydrogen-bond acceptors (Lipinski definition) is 6. The molecule has 0 spiro atoms. The number of aryl methyl sites for hydroxylation is 1. The largest absolute Gasteiger partial charge is 0.296 e. The van der Waals surface area contributed by atoms with Gasteiger partial charge in [0.15, 0.2) is 0 Å². The zero-order chi connectivity index (χ0) is 20.3. The van der Waals surface area contributed by atoms with Crippen LogP contribution in [-0.4, -0.2) is 26.1 Å². The lowest BCUT2D eigenvalue weighted by atomic mass is 10.1. The second kappa shape index (κ2) is 7.78. The van der Waals surface area contributed by atoms with E-state index in [0.717, 1.165) is 0 Å². The van der Waals surface area contributed by atoms with Gasteiger partial charge in [-0.05, 0) is 43.7 Å². The highest BCUT2D eigenvalue weighted by molar-refractivity contribution is 5.99. The van der Waals surface area contributed by atoms with E-state index in [2.05, 4.69) is 15.5 Å². The molecule has 0 fully saturated rings. The SMILES string of the molecule is C/C(=N/NC(=O)Cn1c(=O)c(C)nc2ccccc21)c1ccc([N+](=O)[O-])cc1. The summed E-state index contributed by atoms with van der Waals surface area (Å²) in [6.45, 7) is 3.05. The van der Waals surface area contributed by atoms with Crippen molar-refractivity contribution < 1.29 is 9.72 Å². The van der Waals surface area contributed by atoms with Crippen molar-refractivity contribution in [3.05, 3.63) is 80.3 Å². The molecule has 0 atom stereocenters.